The predicted molar refractivity (Wildman–Crippen MR) is 109 cm³/mol. The highest BCUT2D eigenvalue weighted by atomic mass is 16.6. The van der Waals surface area contributed by atoms with Gasteiger partial charge in [0.05, 0.1) is 17.2 Å². The predicted octanol–water partition coefficient (Wildman–Crippen LogP) is 3.07. The molecule has 1 N–H and O–H groups in total. The van der Waals surface area contributed by atoms with E-state index in [-0.39, 0.29) is 11.3 Å². The first-order chi connectivity index (χ1) is 13.9. The molecular formula is C22H23N3O4. The number of nitriles is 1. The van der Waals surface area contributed by atoms with Crippen molar-refractivity contribution in [3.05, 3.63) is 74.8 Å². The summed E-state index contributed by atoms with van der Waals surface area (Å²) in [4.78, 5) is 24.4. The van der Waals surface area contributed by atoms with Crippen molar-refractivity contribution in [2.45, 2.75) is 32.2 Å². The Labute approximate surface area is 169 Å². The highest BCUT2D eigenvalue weighted by molar-refractivity contribution is 5.73. The molecule has 0 aromatic heterocycles. The number of benzene rings is 2. The monoisotopic (exact) mass is 393 g/mol. The summed E-state index contributed by atoms with van der Waals surface area (Å²) in [6.07, 6.45) is 1.38. The maximum atomic E-state index is 11.8. The molecule has 3 rings (SSSR count). The summed E-state index contributed by atoms with van der Waals surface area (Å²) in [5.74, 6) is -1.46. The van der Waals surface area contributed by atoms with E-state index < -0.39 is 17.9 Å². The molecule has 0 spiro atoms. The first-order valence-electron chi connectivity index (χ1n) is 9.60. The van der Waals surface area contributed by atoms with E-state index in [0.717, 1.165) is 22.4 Å². The molecule has 7 nitrogen and oxygen atoms in total. The number of carboxylic acids is 1. The first-order valence-corrected chi connectivity index (χ1v) is 9.60. The van der Waals surface area contributed by atoms with Gasteiger partial charge < -0.3 is 10.0 Å². The van der Waals surface area contributed by atoms with Crippen LogP contribution in [0.5, 0.6) is 0 Å². The van der Waals surface area contributed by atoms with Gasteiger partial charge >= 0.3 is 5.97 Å². The molecule has 0 aliphatic carbocycles. The molecule has 150 valence electrons. The van der Waals surface area contributed by atoms with E-state index in [2.05, 4.69) is 6.07 Å². The highest BCUT2D eigenvalue weighted by Crippen LogP contribution is 2.34. The van der Waals surface area contributed by atoms with Gasteiger partial charge in [-0.1, -0.05) is 36.4 Å². The summed E-state index contributed by atoms with van der Waals surface area (Å²) < 4.78 is 0. The third-order valence-corrected chi connectivity index (χ3v) is 5.34. The molecule has 1 aliphatic heterocycles. The number of rotatable bonds is 8. The van der Waals surface area contributed by atoms with Crippen molar-refractivity contribution in [1.29, 1.82) is 5.26 Å². The number of carbonyl (C=O) groups is 1. The number of anilines is 1. The van der Waals surface area contributed by atoms with Gasteiger partial charge in [0.15, 0.2) is 0 Å². The minimum absolute atomic E-state index is 0.265. The fourth-order valence-electron chi connectivity index (χ4n) is 3.89. The van der Waals surface area contributed by atoms with Gasteiger partial charge in [-0.3, -0.25) is 14.9 Å². The quantitative estimate of drug-likeness (QED) is 0.545. The molecule has 0 saturated carbocycles. The van der Waals surface area contributed by atoms with Gasteiger partial charge in [-0.05, 0) is 35.6 Å². The van der Waals surface area contributed by atoms with Crippen molar-refractivity contribution >= 4 is 11.7 Å². The summed E-state index contributed by atoms with van der Waals surface area (Å²) in [7, 11) is 0. The Morgan fingerprint density at radius 2 is 2.00 bits per heavy atom. The second-order valence-electron chi connectivity index (χ2n) is 7.52. The third kappa shape index (κ3) is 4.72. The summed E-state index contributed by atoms with van der Waals surface area (Å²) in [5, 5.41) is 30.3. The second-order valence-corrected chi connectivity index (χ2v) is 7.52. The largest absolute Gasteiger partial charge is 0.481 e. The number of aliphatic carboxylic acids is 1. The molecule has 0 fully saturated rings. The Kier molecular flexibility index (Phi) is 6.13. The lowest BCUT2D eigenvalue weighted by Crippen LogP contribution is -2.33. The van der Waals surface area contributed by atoms with E-state index in [1.165, 1.54) is 0 Å². The van der Waals surface area contributed by atoms with E-state index >= 15 is 0 Å². The van der Waals surface area contributed by atoms with Crippen LogP contribution in [0.2, 0.25) is 0 Å². The van der Waals surface area contributed by atoms with Crippen molar-refractivity contribution in [2.75, 3.05) is 18.0 Å². The molecule has 1 aliphatic rings. The maximum absolute atomic E-state index is 11.8. The molecule has 2 atom stereocenters. The molecule has 0 saturated heterocycles. The van der Waals surface area contributed by atoms with Crippen LogP contribution in [0.1, 0.15) is 29.2 Å². The lowest BCUT2D eigenvalue weighted by atomic mass is 9.97. The normalized spacial score (nSPS) is 14.7. The van der Waals surface area contributed by atoms with E-state index in [4.69, 9.17) is 0 Å². The summed E-state index contributed by atoms with van der Waals surface area (Å²) in [5.41, 5.74) is 3.91. The van der Waals surface area contributed by atoms with Crippen molar-refractivity contribution in [1.82, 2.24) is 0 Å². The van der Waals surface area contributed by atoms with E-state index in [1.54, 1.807) is 13.0 Å². The molecule has 0 radical (unpaired) electrons. The molecule has 2 unspecified atom stereocenters. The number of nitrogens with zero attached hydrogens (tertiary/aromatic N) is 3. The zero-order valence-electron chi connectivity index (χ0n) is 16.2. The SMILES string of the molecule is CC(Cc1cc(C#N)c2c(c1)CCN2CC(Cc1ccccc1)C(=O)O)[N+](=O)[O-]. The Morgan fingerprint density at radius 1 is 1.28 bits per heavy atom. The summed E-state index contributed by atoms with van der Waals surface area (Å²) in [6, 6.07) is 14.6. The smallest absolute Gasteiger partial charge is 0.308 e. The van der Waals surface area contributed by atoms with Crippen LogP contribution in [0.4, 0.5) is 5.69 Å². The van der Waals surface area contributed by atoms with Crippen LogP contribution in [-0.2, 0) is 24.1 Å². The average molecular weight is 393 g/mol. The second kappa shape index (κ2) is 8.74. The number of hydrogen-bond donors (Lipinski definition) is 1. The third-order valence-electron chi connectivity index (χ3n) is 5.34. The molecule has 2 aromatic carbocycles. The van der Waals surface area contributed by atoms with Crippen LogP contribution in [0.3, 0.4) is 0 Å². The lowest BCUT2D eigenvalue weighted by molar-refractivity contribution is -0.517. The average Bonchev–Trinajstić information content (AvgIpc) is 3.10. The van der Waals surface area contributed by atoms with Crippen LogP contribution >= 0.6 is 0 Å². The van der Waals surface area contributed by atoms with Gasteiger partial charge in [-0.25, -0.2) is 0 Å². The Balaban J connectivity index is 1.83. The van der Waals surface area contributed by atoms with Crippen LogP contribution in [-0.4, -0.2) is 35.1 Å². The molecule has 0 bridgehead atoms. The van der Waals surface area contributed by atoms with Crippen molar-refractivity contribution in [3.63, 3.8) is 0 Å². The van der Waals surface area contributed by atoms with E-state index in [1.807, 2.05) is 41.3 Å². The number of carboxylic acid groups (broad SMARTS) is 1. The molecule has 1 heterocycles. The fraction of sp³-hybridized carbons (Fsp3) is 0.364. The van der Waals surface area contributed by atoms with Gasteiger partial charge in [0.2, 0.25) is 6.04 Å². The Bertz CT molecular complexity index is 953. The van der Waals surface area contributed by atoms with E-state index in [0.29, 0.717) is 31.5 Å². The van der Waals surface area contributed by atoms with Crippen LogP contribution in [0, 0.1) is 27.4 Å². The molecule has 0 amide bonds. The fourth-order valence-corrected chi connectivity index (χ4v) is 3.89. The number of hydrogen-bond acceptors (Lipinski definition) is 5. The lowest BCUT2D eigenvalue weighted by Gasteiger charge is -2.25. The van der Waals surface area contributed by atoms with Crippen molar-refractivity contribution in [3.8, 4) is 6.07 Å². The Morgan fingerprint density at radius 3 is 2.62 bits per heavy atom. The standard InChI is InChI=1S/C22H23N3O4/c1-15(25(28)29)9-17-11-18-7-8-24(21(18)19(12-17)13-23)14-20(22(26)27)10-16-5-3-2-4-6-16/h2-6,11-12,15,20H,7-10,14H2,1H3,(H,26,27). The number of nitro groups is 1. The first kappa shape index (κ1) is 20.3. The molecular weight excluding hydrogens is 370 g/mol. The molecule has 29 heavy (non-hydrogen) atoms. The summed E-state index contributed by atoms with van der Waals surface area (Å²) in [6.45, 7) is 2.50. The zero-order valence-corrected chi connectivity index (χ0v) is 16.2. The summed E-state index contributed by atoms with van der Waals surface area (Å²) >= 11 is 0. The number of fused-ring (bicyclic) bond motifs is 1. The molecule has 7 heteroatoms. The van der Waals surface area contributed by atoms with Crippen LogP contribution in [0.25, 0.3) is 0 Å². The van der Waals surface area contributed by atoms with Crippen molar-refractivity contribution in [2.24, 2.45) is 5.92 Å². The minimum Gasteiger partial charge on any atom is -0.481 e. The van der Waals surface area contributed by atoms with Crippen LogP contribution < -0.4 is 4.90 Å². The maximum Gasteiger partial charge on any atom is 0.308 e. The molecule has 2 aromatic rings. The van der Waals surface area contributed by atoms with Crippen LogP contribution in [0.15, 0.2) is 42.5 Å². The van der Waals surface area contributed by atoms with Gasteiger partial charge in [0.25, 0.3) is 0 Å². The minimum atomic E-state index is -0.864. The zero-order chi connectivity index (χ0) is 21.0. The Hall–Kier alpha value is -3.40. The highest BCUT2D eigenvalue weighted by Gasteiger charge is 2.29. The van der Waals surface area contributed by atoms with Gasteiger partial charge in [-0.2, -0.15) is 5.26 Å². The van der Waals surface area contributed by atoms with Gasteiger partial charge in [0, 0.05) is 31.4 Å². The van der Waals surface area contributed by atoms with E-state index in [9.17, 15) is 25.3 Å². The van der Waals surface area contributed by atoms with Crippen molar-refractivity contribution < 1.29 is 14.8 Å². The topological polar surface area (TPSA) is 107 Å². The van der Waals surface area contributed by atoms with Gasteiger partial charge in [-0.15, -0.1) is 0 Å². The van der Waals surface area contributed by atoms with Gasteiger partial charge in [0.1, 0.15) is 6.07 Å².